The van der Waals surface area contributed by atoms with E-state index in [4.69, 9.17) is 23.2 Å². The molecule has 1 aromatic rings. The molecule has 1 heterocycles. The number of hydrogen-bond acceptors (Lipinski definition) is 1. The van der Waals surface area contributed by atoms with Crippen LogP contribution in [-0.2, 0) is 4.79 Å². The van der Waals surface area contributed by atoms with Gasteiger partial charge in [0.1, 0.15) is 10.2 Å². The van der Waals surface area contributed by atoms with Crippen LogP contribution >= 0.6 is 23.2 Å². The predicted molar refractivity (Wildman–Crippen MR) is 77.2 cm³/mol. The molecule has 0 radical (unpaired) electrons. The number of hydrogen-bond donors (Lipinski definition) is 0. The number of likely N-dealkylation sites (tertiary alicyclic amines) is 1. The maximum atomic E-state index is 13.0. The van der Waals surface area contributed by atoms with E-state index in [0.717, 1.165) is 18.4 Å². The van der Waals surface area contributed by atoms with Crippen LogP contribution in [-0.4, -0.2) is 21.7 Å². The van der Waals surface area contributed by atoms with Crippen LogP contribution in [0.3, 0.4) is 0 Å². The predicted octanol–water partition coefficient (Wildman–Crippen LogP) is 4.07. The van der Waals surface area contributed by atoms with Crippen molar-refractivity contribution in [3.05, 3.63) is 35.6 Å². The first kappa shape index (κ1) is 14.2. The fourth-order valence-corrected chi connectivity index (χ4v) is 3.69. The molecule has 20 heavy (non-hydrogen) atoms. The standard InChI is InChI=1S/C15H16Cl2FNO/c1-14(9-15(14,16)17)13(20)19-8-2-3-12(19)10-4-6-11(18)7-5-10/h4-7,12H,2-3,8-9H2,1H3. The minimum absolute atomic E-state index is 0.00431. The first-order valence-electron chi connectivity index (χ1n) is 6.79. The maximum Gasteiger partial charge on any atom is 0.232 e. The molecule has 108 valence electrons. The van der Waals surface area contributed by atoms with Crippen molar-refractivity contribution in [2.75, 3.05) is 6.54 Å². The molecule has 0 bridgehead atoms. The monoisotopic (exact) mass is 315 g/mol. The molecule has 1 amide bonds. The van der Waals surface area contributed by atoms with Crippen molar-refractivity contribution in [1.82, 2.24) is 4.90 Å². The highest BCUT2D eigenvalue weighted by Gasteiger charge is 2.69. The van der Waals surface area contributed by atoms with E-state index in [-0.39, 0.29) is 17.8 Å². The van der Waals surface area contributed by atoms with Gasteiger partial charge in [0, 0.05) is 6.54 Å². The molecule has 1 aliphatic heterocycles. The Morgan fingerprint density at radius 2 is 1.95 bits per heavy atom. The highest BCUT2D eigenvalue weighted by molar-refractivity contribution is 6.53. The van der Waals surface area contributed by atoms with Crippen LogP contribution in [0, 0.1) is 11.2 Å². The molecule has 2 fully saturated rings. The quantitative estimate of drug-likeness (QED) is 0.753. The van der Waals surface area contributed by atoms with Gasteiger partial charge in [-0.25, -0.2) is 4.39 Å². The van der Waals surface area contributed by atoms with Crippen LogP contribution in [0.5, 0.6) is 0 Å². The lowest BCUT2D eigenvalue weighted by Crippen LogP contribution is -2.37. The van der Waals surface area contributed by atoms with Gasteiger partial charge in [0.2, 0.25) is 5.91 Å². The van der Waals surface area contributed by atoms with E-state index < -0.39 is 9.75 Å². The van der Waals surface area contributed by atoms with Crippen molar-refractivity contribution in [2.45, 2.75) is 36.6 Å². The molecule has 0 spiro atoms. The van der Waals surface area contributed by atoms with Crippen molar-refractivity contribution in [3.8, 4) is 0 Å². The largest absolute Gasteiger partial charge is 0.335 e. The second-order valence-electron chi connectivity index (χ2n) is 5.92. The van der Waals surface area contributed by atoms with E-state index in [1.807, 2.05) is 11.8 Å². The van der Waals surface area contributed by atoms with Gasteiger partial charge >= 0.3 is 0 Å². The number of halogens is 3. The summed E-state index contributed by atoms with van der Waals surface area (Å²) >= 11 is 12.2. The summed E-state index contributed by atoms with van der Waals surface area (Å²) in [5.74, 6) is -0.256. The van der Waals surface area contributed by atoms with E-state index in [1.165, 1.54) is 12.1 Å². The number of alkyl halides is 2. The third kappa shape index (κ3) is 2.11. The molecule has 1 saturated carbocycles. The number of carbonyl (C=O) groups excluding carboxylic acids is 1. The molecule has 3 rings (SSSR count). The highest BCUT2D eigenvalue weighted by Crippen LogP contribution is 2.65. The minimum Gasteiger partial charge on any atom is -0.335 e. The number of amides is 1. The molecular formula is C15H16Cl2FNO. The summed E-state index contributed by atoms with van der Waals surface area (Å²) in [6.07, 6.45) is 2.33. The zero-order chi connectivity index (χ0) is 14.5. The highest BCUT2D eigenvalue weighted by atomic mass is 35.5. The molecule has 0 aromatic heterocycles. The van der Waals surface area contributed by atoms with Gasteiger partial charge in [-0.2, -0.15) is 0 Å². The molecule has 2 atom stereocenters. The van der Waals surface area contributed by atoms with Gasteiger partial charge in [0.05, 0.1) is 11.5 Å². The van der Waals surface area contributed by atoms with Gasteiger partial charge in [-0.3, -0.25) is 4.79 Å². The van der Waals surface area contributed by atoms with Crippen molar-refractivity contribution in [1.29, 1.82) is 0 Å². The van der Waals surface area contributed by atoms with E-state index in [1.54, 1.807) is 12.1 Å². The van der Waals surface area contributed by atoms with Crippen molar-refractivity contribution < 1.29 is 9.18 Å². The number of nitrogens with zero attached hydrogens (tertiary/aromatic N) is 1. The Balaban J connectivity index is 1.83. The topological polar surface area (TPSA) is 20.3 Å². The average molecular weight is 316 g/mol. The number of rotatable bonds is 2. The summed E-state index contributed by atoms with van der Waals surface area (Å²) in [4.78, 5) is 14.5. The molecule has 2 aliphatic rings. The minimum atomic E-state index is -0.944. The third-order valence-corrected chi connectivity index (χ3v) is 5.60. The van der Waals surface area contributed by atoms with Crippen molar-refractivity contribution in [3.63, 3.8) is 0 Å². The Morgan fingerprint density at radius 3 is 2.50 bits per heavy atom. The molecule has 1 saturated heterocycles. The normalized spacial score (nSPS) is 31.4. The van der Waals surface area contributed by atoms with Gasteiger partial charge in [0.15, 0.2) is 0 Å². The van der Waals surface area contributed by atoms with Crippen LogP contribution in [0.2, 0.25) is 0 Å². The number of benzene rings is 1. The fourth-order valence-electron chi connectivity index (χ4n) is 2.99. The lowest BCUT2D eigenvalue weighted by atomic mass is 10.0. The van der Waals surface area contributed by atoms with Crippen LogP contribution in [0.15, 0.2) is 24.3 Å². The summed E-state index contributed by atoms with van der Waals surface area (Å²) < 4.78 is 12.1. The van der Waals surface area contributed by atoms with Crippen LogP contribution in [0.4, 0.5) is 4.39 Å². The van der Waals surface area contributed by atoms with Crippen molar-refractivity contribution in [2.24, 2.45) is 5.41 Å². The Hall–Kier alpha value is -0.800. The van der Waals surface area contributed by atoms with Crippen LogP contribution in [0.25, 0.3) is 0 Å². The smallest absolute Gasteiger partial charge is 0.232 e. The van der Waals surface area contributed by atoms with Gasteiger partial charge < -0.3 is 4.90 Å². The Morgan fingerprint density at radius 1 is 1.35 bits per heavy atom. The first-order valence-corrected chi connectivity index (χ1v) is 7.55. The fraction of sp³-hybridized carbons (Fsp3) is 0.533. The molecule has 1 aliphatic carbocycles. The van der Waals surface area contributed by atoms with E-state index in [0.29, 0.717) is 13.0 Å². The Kier molecular flexibility index (Phi) is 3.26. The summed E-state index contributed by atoms with van der Waals surface area (Å²) in [5.41, 5.74) is 0.287. The van der Waals surface area contributed by atoms with Crippen molar-refractivity contribution >= 4 is 29.1 Å². The molecular weight excluding hydrogens is 300 g/mol. The summed E-state index contributed by atoms with van der Waals surface area (Å²) in [6, 6.07) is 6.36. The number of carbonyl (C=O) groups is 1. The maximum absolute atomic E-state index is 13.0. The van der Waals surface area contributed by atoms with Gasteiger partial charge in [-0.15, -0.1) is 23.2 Å². The SMILES string of the molecule is CC1(C(=O)N2CCCC2c2ccc(F)cc2)CC1(Cl)Cl. The van der Waals surface area contributed by atoms with E-state index >= 15 is 0 Å². The van der Waals surface area contributed by atoms with Gasteiger partial charge in [-0.05, 0) is 43.9 Å². The summed E-state index contributed by atoms with van der Waals surface area (Å²) in [5, 5.41) is 0. The molecule has 0 N–H and O–H groups in total. The van der Waals surface area contributed by atoms with E-state index in [9.17, 15) is 9.18 Å². The average Bonchev–Trinajstić information content (AvgIpc) is 2.80. The summed E-state index contributed by atoms with van der Waals surface area (Å²) in [7, 11) is 0. The molecule has 2 unspecified atom stereocenters. The second-order valence-corrected chi connectivity index (χ2v) is 7.41. The second kappa shape index (κ2) is 4.60. The molecule has 5 heteroatoms. The van der Waals surface area contributed by atoms with Gasteiger partial charge in [0.25, 0.3) is 0 Å². The zero-order valence-electron chi connectivity index (χ0n) is 11.2. The van der Waals surface area contributed by atoms with Crippen LogP contribution in [0.1, 0.15) is 37.8 Å². The summed E-state index contributed by atoms with van der Waals surface area (Å²) in [6.45, 7) is 2.52. The van der Waals surface area contributed by atoms with E-state index in [2.05, 4.69) is 0 Å². The zero-order valence-corrected chi connectivity index (χ0v) is 12.7. The Labute approximate surface area is 127 Å². The first-order chi connectivity index (χ1) is 9.35. The van der Waals surface area contributed by atoms with Crippen LogP contribution < -0.4 is 0 Å². The third-order valence-electron chi connectivity index (χ3n) is 4.50. The van der Waals surface area contributed by atoms with Gasteiger partial charge in [-0.1, -0.05) is 12.1 Å². The molecule has 1 aromatic carbocycles. The lowest BCUT2D eigenvalue weighted by molar-refractivity contribution is -0.137. The Bertz CT molecular complexity index is 545. The lowest BCUT2D eigenvalue weighted by Gasteiger charge is -2.28. The molecule has 2 nitrogen and oxygen atoms in total.